The molecule has 0 saturated heterocycles. The minimum absolute atomic E-state index is 0. The first-order chi connectivity index (χ1) is 1.73. The Kier molecular flexibility index (Phi) is 340. The molecule has 6 nitrogen and oxygen atoms in total. The van der Waals surface area contributed by atoms with Crippen LogP contribution in [0.1, 0.15) is 6.92 Å². The quantitative estimate of drug-likeness (QED) is 0.500. The molecule has 0 radical (unpaired) electrons. The predicted molar refractivity (Wildman–Crippen MR) is 19.0 cm³/mol. The van der Waals surface area contributed by atoms with E-state index < -0.39 is 5.97 Å². The van der Waals surface area contributed by atoms with Crippen molar-refractivity contribution < 1.29 is 49.2 Å². The van der Waals surface area contributed by atoms with Crippen LogP contribution in [0, 0.1) is 0 Å². The minimum Gasteiger partial charge on any atom is -2.00 e. The first-order valence-electron chi connectivity index (χ1n) is 0.928. The second kappa shape index (κ2) is 45.4. The van der Waals surface area contributed by atoms with Crippen molar-refractivity contribution in [2.75, 3.05) is 0 Å². The molecule has 0 unspecified atom stereocenters. The van der Waals surface area contributed by atoms with Crippen LogP contribution in [0.15, 0.2) is 0 Å². The maximum Gasteiger partial charge on any atom is 6.00 e. The summed E-state index contributed by atoms with van der Waals surface area (Å²) in [6.07, 6.45) is 0. The van der Waals surface area contributed by atoms with Crippen molar-refractivity contribution in [3.8, 4) is 0 Å². The normalized spacial score (nSPS) is 2.78. The summed E-state index contributed by atoms with van der Waals surface area (Å²) in [6, 6.07) is 0. The Morgan fingerprint density at radius 2 is 1.22 bits per heavy atom. The number of carboxylic acid groups (broad SMARTS) is 1. The molecule has 0 aliphatic rings. The van der Waals surface area contributed by atoms with Gasteiger partial charge >= 0.3 is 17.4 Å². The summed E-state index contributed by atoms with van der Waals surface area (Å²) < 4.78 is 0. The smallest absolute Gasteiger partial charge is 2.00 e. The molecule has 9 heavy (non-hydrogen) atoms. The summed E-state index contributed by atoms with van der Waals surface area (Å²) in [5, 5.41) is 7.42. The third-order valence-electron chi connectivity index (χ3n) is 0. The van der Waals surface area contributed by atoms with Gasteiger partial charge in [-0.15, -0.1) is 0 Å². The van der Waals surface area contributed by atoms with Crippen molar-refractivity contribution in [1.29, 1.82) is 0 Å². The minimum atomic E-state index is -0.833. The van der Waals surface area contributed by atoms with Gasteiger partial charge in [0.2, 0.25) is 0 Å². The Morgan fingerprint density at radius 3 is 1.22 bits per heavy atom. The molecule has 0 rings (SSSR count). The van der Waals surface area contributed by atoms with Crippen LogP contribution in [0.25, 0.3) is 0 Å². The number of rotatable bonds is 0. The molecular formula is C2H6CrO6. The van der Waals surface area contributed by atoms with Crippen LogP contribution in [-0.2, 0) is 38.6 Å². The average Bonchev–Trinajstić information content (AvgIpc) is 0.811. The zero-order chi connectivity index (χ0) is 3.58. The van der Waals surface area contributed by atoms with Gasteiger partial charge in [0.15, 0.2) is 0 Å². The van der Waals surface area contributed by atoms with Crippen LogP contribution < -0.4 is 0 Å². The Morgan fingerprint density at radius 1 is 1.22 bits per heavy atom. The zero-order valence-electron chi connectivity index (χ0n) is 4.49. The third-order valence-corrected chi connectivity index (χ3v) is 0. The van der Waals surface area contributed by atoms with Crippen molar-refractivity contribution in [3.05, 3.63) is 0 Å². The number of hydrogen-bond acceptors (Lipinski definition) is 1. The van der Waals surface area contributed by atoms with Gasteiger partial charge in [0.05, 0.1) is 0 Å². The first kappa shape index (κ1) is 67.3. The monoisotopic (exact) mass is 178 g/mol. The van der Waals surface area contributed by atoms with Gasteiger partial charge in [-0.3, -0.25) is 4.79 Å². The van der Waals surface area contributed by atoms with E-state index in [0.717, 1.165) is 6.92 Å². The van der Waals surface area contributed by atoms with E-state index in [4.69, 9.17) is 9.90 Å². The van der Waals surface area contributed by atoms with Crippen LogP contribution in [0.4, 0.5) is 0 Å². The van der Waals surface area contributed by atoms with Crippen molar-refractivity contribution in [3.63, 3.8) is 0 Å². The second-order valence-corrected chi connectivity index (χ2v) is 0.519. The van der Waals surface area contributed by atoms with Crippen molar-refractivity contribution in [2.45, 2.75) is 6.92 Å². The van der Waals surface area contributed by atoms with Gasteiger partial charge < -0.3 is 27.0 Å². The molecule has 0 fully saturated rings. The van der Waals surface area contributed by atoms with E-state index in [-0.39, 0.29) is 39.3 Å². The maximum absolute atomic E-state index is 9.00. The molecule has 0 aromatic carbocycles. The molecule has 0 atom stereocenters. The molecule has 0 heterocycles. The molecule has 0 aromatic rings. The molecule has 0 aliphatic heterocycles. The predicted octanol–water partition coefficient (Wildman–Crippen LogP) is -1.09. The third kappa shape index (κ3) is 10800. The number of hydrogen-bond donors (Lipinski definition) is 1. The summed E-state index contributed by atoms with van der Waals surface area (Å²) >= 11 is 0. The fourth-order valence-electron chi connectivity index (χ4n) is 0. The Labute approximate surface area is 62.9 Å². The van der Waals surface area contributed by atoms with Gasteiger partial charge in [-0.2, -0.15) is 0 Å². The van der Waals surface area contributed by atoms with E-state index in [2.05, 4.69) is 0 Å². The Balaban J connectivity index is -0.00000000450. The summed E-state index contributed by atoms with van der Waals surface area (Å²) in [5.41, 5.74) is 0. The summed E-state index contributed by atoms with van der Waals surface area (Å²) in [5.74, 6) is -0.833. The van der Waals surface area contributed by atoms with E-state index in [1.807, 2.05) is 0 Å². The topological polar surface area (TPSA) is 154 Å². The molecule has 0 aliphatic carbocycles. The molecule has 56 valence electrons. The van der Waals surface area contributed by atoms with Gasteiger partial charge in [0.25, 0.3) is 5.97 Å². The first-order valence-corrected chi connectivity index (χ1v) is 0.928. The maximum atomic E-state index is 9.00. The SMILES string of the molecule is CC(=O)O.O.[Cr+6].[O-2].[O-2].[O-2]. The van der Waals surface area contributed by atoms with Gasteiger partial charge in [-0.25, -0.2) is 0 Å². The Bertz CT molecular complexity index is 34.0. The number of carbonyl (C=O) groups is 1. The van der Waals surface area contributed by atoms with E-state index >= 15 is 0 Å². The second-order valence-electron chi connectivity index (χ2n) is 0.519. The largest absolute Gasteiger partial charge is 6.00 e. The summed E-state index contributed by atoms with van der Waals surface area (Å²) in [4.78, 5) is 9.00. The van der Waals surface area contributed by atoms with Gasteiger partial charge in [0, 0.05) is 6.92 Å². The van der Waals surface area contributed by atoms with Gasteiger partial charge in [0.1, 0.15) is 0 Å². The molecule has 0 aromatic heterocycles. The van der Waals surface area contributed by atoms with Gasteiger partial charge in [-0.05, 0) is 0 Å². The molecule has 7 heteroatoms. The van der Waals surface area contributed by atoms with Crippen LogP contribution in [0.3, 0.4) is 0 Å². The van der Waals surface area contributed by atoms with E-state index in [9.17, 15) is 0 Å². The molecular weight excluding hydrogens is 172 g/mol. The number of carboxylic acids is 1. The molecule has 0 saturated carbocycles. The summed E-state index contributed by atoms with van der Waals surface area (Å²) in [6.45, 7) is 1.08. The van der Waals surface area contributed by atoms with E-state index in [1.165, 1.54) is 0 Å². The fraction of sp³-hybridized carbons (Fsp3) is 0.500. The summed E-state index contributed by atoms with van der Waals surface area (Å²) in [7, 11) is 0. The van der Waals surface area contributed by atoms with Crippen LogP contribution in [0.2, 0.25) is 0 Å². The fourth-order valence-corrected chi connectivity index (χ4v) is 0. The molecule has 0 spiro atoms. The van der Waals surface area contributed by atoms with Crippen LogP contribution in [-0.4, -0.2) is 16.6 Å². The van der Waals surface area contributed by atoms with Crippen molar-refractivity contribution in [2.24, 2.45) is 0 Å². The van der Waals surface area contributed by atoms with E-state index in [1.54, 1.807) is 0 Å². The molecule has 3 N–H and O–H groups in total. The Hall–Kier alpha value is -0.158. The molecule has 0 amide bonds. The number of aliphatic carboxylic acids is 1. The molecule has 0 bridgehead atoms. The van der Waals surface area contributed by atoms with Crippen molar-refractivity contribution in [1.82, 2.24) is 0 Å². The van der Waals surface area contributed by atoms with Gasteiger partial charge in [-0.1, -0.05) is 0 Å². The standard InChI is InChI=1S/C2H4O2.Cr.H2O.3O/c1-2(3)4;;;;;/h1H3,(H,3,4);;1H2;;;/q;+6;;3*-2. The van der Waals surface area contributed by atoms with Crippen LogP contribution in [0.5, 0.6) is 0 Å². The van der Waals surface area contributed by atoms with Crippen molar-refractivity contribution >= 4 is 5.97 Å². The van der Waals surface area contributed by atoms with Crippen LogP contribution >= 0.6 is 0 Å². The van der Waals surface area contributed by atoms with E-state index in [0.29, 0.717) is 0 Å². The zero-order valence-corrected chi connectivity index (χ0v) is 5.76. The average molecular weight is 178 g/mol.